The van der Waals surface area contributed by atoms with Gasteiger partial charge in [-0.2, -0.15) is 13.2 Å². The van der Waals surface area contributed by atoms with Crippen LogP contribution in [-0.2, 0) is 12.7 Å². The van der Waals surface area contributed by atoms with Gasteiger partial charge < -0.3 is 10.2 Å². The van der Waals surface area contributed by atoms with Crippen molar-refractivity contribution in [1.29, 1.82) is 0 Å². The molecule has 3 aromatic carbocycles. The van der Waals surface area contributed by atoms with Crippen LogP contribution in [0.15, 0.2) is 67.1 Å². The minimum absolute atomic E-state index is 0.0376. The minimum atomic E-state index is -4.56. The number of carbonyl (C=O) groups excluding carboxylic acids is 1. The number of aryl methyl sites for hydroxylation is 1. The second-order valence-corrected chi connectivity index (χ2v) is 9.73. The van der Waals surface area contributed by atoms with Crippen LogP contribution < -0.4 is 5.32 Å². The number of halogens is 3. The number of aromatic nitrogens is 2. The highest BCUT2D eigenvalue weighted by molar-refractivity contribution is 6.04. The van der Waals surface area contributed by atoms with E-state index in [-0.39, 0.29) is 17.7 Å². The Morgan fingerprint density at radius 2 is 1.79 bits per heavy atom. The SMILES string of the molecule is Cc1ccc(NC(=O)c2ccc(CN3CCN(C)CC3)c(C(F)(F)F)c2)cc1-c1ccc2ncncc2c1. The van der Waals surface area contributed by atoms with Crippen LogP contribution in [-0.4, -0.2) is 58.9 Å². The van der Waals surface area contributed by atoms with Crippen molar-refractivity contribution < 1.29 is 18.0 Å². The summed E-state index contributed by atoms with van der Waals surface area (Å²) in [6, 6.07) is 15.1. The molecule has 0 unspecified atom stereocenters. The monoisotopic (exact) mass is 519 g/mol. The second-order valence-electron chi connectivity index (χ2n) is 9.73. The molecular formula is C29H28F3N5O. The standard InChI is InChI=1S/C29H28F3N5O/c1-19-3-7-24(15-25(19)20-6-8-27-23(13-20)16-33-18-34-27)35-28(38)21-4-5-22(26(14-21)29(30,31)32)17-37-11-9-36(2)10-12-37/h3-8,13-16,18H,9-12,17H2,1-2H3,(H,35,38). The van der Waals surface area contributed by atoms with Crippen molar-refractivity contribution in [2.75, 3.05) is 38.5 Å². The van der Waals surface area contributed by atoms with Gasteiger partial charge in [0, 0.05) is 55.6 Å². The Labute approximate surface area is 219 Å². The Balaban J connectivity index is 1.38. The maximum Gasteiger partial charge on any atom is 0.416 e. The highest BCUT2D eigenvalue weighted by atomic mass is 19.4. The van der Waals surface area contributed by atoms with Crippen molar-refractivity contribution in [3.63, 3.8) is 0 Å². The minimum Gasteiger partial charge on any atom is -0.322 e. The Hall–Kier alpha value is -3.82. The van der Waals surface area contributed by atoms with Crippen molar-refractivity contribution in [2.45, 2.75) is 19.6 Å². The topological polar surface area (TPSA) is 61.4 Å². The lowest BCUT2D eigenvalue weighted by Gasteiger charge is -2.33. The number of hydrogen-bond donors (Lipinski definition) is 1. The van der Waals surface area contributed by atoms with Crippen LogP contribution in [0, 0.1) is 6.92 Å². The first-order chi connectivity index (χ1) is 18.2. The van der Waals surface area contributed by atoms with Crippen LogP contribution in [0.5, 0.6) is 0 Å². The molecule has 0 aliphatic carbocycles. The number of nitrogens with one attached hydrogen (secondary N) is 1. The van der Waals surface area contributed by atoms with Crippen LogP contribution in [0.4, 0.5) is 18.9 Å². The molecule has 1 aliphatic heterocycles. The maximum atomic E-state index is 14.0. The van der Waals surface area contributed by atoms with Gasteiger partial charge in [-0.3, -0.25) is 9.69 Å². The van der Waals surface area contributed by atoms with Crippen molar-refractivity contribution in [2.24, 2.45) is 0 Å². The quantitative estimate of drug-likeness (QED) is 0.371. The highest BCUT2D eigenvalue weighted by Gasteiger charge is 2.34. The molecule has 38 heavy (non-hydrogen) atoms. The van der Waals surface area contributed by atoms with E-state index in [1.807, 2.05) is 49.2 Å². The molecule has 2 heterocycles. The first-order valence-corrected chi connectivity index (χ1v) is 12.4. The number of alkyl halides is 3. The summed E-state index contributed by atoms with van der Waals surface area (Å²) in [5.41, 5.74) is 3.50. The van der Waals surface area contributed by atoms with E-state index in [0.29, 0.717) is 18.8 Å². The van der Waals surface area contributed by atoms with Gasteiger partial charge in [-0.15, -0.1) is 0 Å². The molecule has 1 aromatic heterocycles. The molecule has 1 saturated heterocycles. The largest absolute Gasteiger partial charge is 0.416 e. The van der Waals surface area contributed by atoms with E-state index in [0.717, 1.165) is 46.7 Å². The summed E-state index contributed by atoms with van der Waals surface area (Å²) >= 11 is 0. The van der Waals surface area contributed by atoms with Crippen LogP contribution in [0.1, 0.15) is 27.0 Å². The third-order valence-electron chi connectivity index (χ3n) is 6.98. The van der Waals surface area contributed by atoms with Crippen LogP contribution >= 0.6 is 0 Å². The van der Waals surface area contributed by atoms with E-state index >= 15 is 0 Å². The van der Waals surface area contributed by atoms with Gasteiger partial charge >= 0.3 is 6.18 Å². The molecule has 196 valence electrons. The van der Waals surface area contributed by atoms with E-state index in [1.54, 1.807) is 12.3 Å². The zero-order valence-corrected chi connectivity index (χ0v) is 21.2. The summed E-state index contributed by atoms with van der Waals surface area (Å²) in [6.07, 6.45) is -1.33. The predicted molar refractivity (Wildman–Crippen MR) is 142 cm³/mol. The van der Waals surface area contributed by atoms with Gasteiger partial charge in [0.05, 0.1) is 11.1 Å². The van der Waals surface area contributed by atoms with Crippen LogP contribution in [0.25, 0.3) is 22.0 Å². The fraction of sp³-hybridized carbons (Fsp3) is 0.276. The summed E-state index contributed by atoms with van der Waals surface area (Å²) in [5, 5.41) is 3.65. The van der Waals surface area contributed by atoms with Gasteiger partial charge in [0.1, 0.15) is 6.33 Å². The van der Waals surface area contributed by atoms with Gasteiger partial charge in [-0.05, 0) is 72.6 Å². The summed E-state index contributed by atoms with van der Waals surface area (Å²) in [4.78, 5) is 25.5. The first-order valence-electron chi connectivity index (χ1n) is 12.4. The lowest BCUT2D eigenvalue weighted by molar-refractivity contribution is -0.138. The predicted octanol–water partition coefficient (Wildman–Crippen LogP) is 5.62. The smallest absolute Gasteiger partial charge is 0.322 e. The number of rotatable bonds is 5. The number of benzene rings is 3. The van der Waals surface area contributed by atoms with Gasteiger partial charge in [-0.1, -0.05) is 18.2 Å². The van der Waals surface area contributed by atoms with E-state index in [4.69, 9.17) is 0 Å². The van der Waals surface area contributed by atoms with Crippen molar-refractivity contribution in [1.82, 2.24) is 19.8 Å². The molecule has 1 aliphatic rings. The maximum absolute atomic E-state index is 14.0. The van der Waals surface area contributed by atoms with Gasteiger partial charge in [-0.25, -0.2) is 9.97 Å². The average Bonchev–Trinajstić information content (AvgIpc) is 2.90. The fourth-order valence-electron chi connectivity index (χ4n) is 4.73. The van der Waals surface area contributed by atoms with E-state index < -0.39 is 17.6 Å². The molecular weight excluding hydrogens is 491 g/mol. The third kappa shape index (κ3) is 5.69. The first kappa shape index (κ1) is 25.8. The molecule has 4 aromatic rings. The number of carbonyl (C=O) groups is 1. The normalized spacial score (nSPS) is 15.1. The molecule has 1 amide bonds. The number of amides is 1. The van der Waals surface area contributed by atoms with Crippen LogP contribution in [0.3, 0.4) is 0 Å². The summed E-state index contributed by atoms with van der Waals surface area (Å²) < 4.78 is 41.9. The molecule has 0 spiro atoms. The highest BCUT2D eigenvalue weighted by Crippen LogP contribution is 2.34. The molecule has 0 saturated carbocycles. The zero-order chi connectivity index (χ0) is 26.9. The molecule has 0 atom stereocenters. The molecule has 5 rings (SSSR count). The molecule has 9 heteroatoms. The molecule has 1 fully saturated rings. The number of nitrogens with zero attached hydrogens (tertiary/aromatic N) is 4. The van der Waals surface area contributed by atoms with E-state index in [2.05, 4.69) is 20.2 Å². The Morgan fingerprint density at radius 3 is 2.55 bits per heavy atom. The number of fused-ring (bicyclic) bond motifs is 1. The van der Waals surface area contributed by atoms with E-state index in [9.17, 15) is 18.0 Å². The second kappa shape index (κ2) is 10.5. The molecule has 0 bridgehead atoms. The average molecular weight is 520 g/mol. The molecule has 0 radical (unpaired) electrons. The fourth-order valence-corrected chi connectivity index (χ4v) is 4.73. The van der Waals surface area contributed by atoms with Gasteiger partial charge in [0.25, 0.3) is 5.91 Å². The van der Waals surface area contributed by atoms with Gasteiger partial charge in [0.15, 0.2) is 0 Å². The Morgan fingerprint density at radius 1 is 1.00 bits per heavy atom. The van der Waals surface area contributed by atoms with Crippen molar-refractivity contribution >= 4 is 22.5 Å². The number of anilines is 1. The number of hydrogen-bond acceptors (Lipinski definition) is 5. The number of likely N-dealkylation sites (N-methyl/N-ethyl adjacent to an activating group) is 1. The summed E-state index contributed by atoms with van der Waals surface area (Å²) in [7, 11) is 2.00. The summed E-state index contributed by atoms with van der Waals surface area (Å²) in [5.74, 6) is -0.594. The molecule has 1 N–H and O–H groups in total. The summed E-state index contributed by atoms with van der Waals surface area (Å²) in [6.45, 7) is 5.19. The van der Waals surface area contributed by atoms with Crippen LogP contribution in [0.2, 0.25) is 0 Å². The van der Waals surface area contributed by atoms with Gasteiger partial charge in [0.2, 0.25) is 0 Å². The third-order valence-corrected chi connectivity index (χ3v) is 6.98. The van der Waals surface area contributed by atoms with Crippen molar-refractivity contribution in [3.8, 4) is 11.1 Å². The zero-order valence-electron chi connectivity index (χ0n) is 21.2. The van der Waals surface area contributed by atoms with E-state index in [1.165, 1.54) is 18.5 Å². The Kier molecular flexibility index (Phi) is 7.14. The lowest BCUT2D eigenvalue weighted by Crippen LogP contribution is -2.44. The van der Waals surface area contributed by atoms with Crippen molar-refractivity contribution in [3.05, 3.63) is 89.4 Å². The lowest BCUT2D eigenvalue weighted by atomic mass is 9.98. The Bertz CT molecular complexity index is 1480. The number of piperazine rings is 1. The molecule has 6 nitrogen and oxygen atoms in total.